The van der Waals surface area contributed by atoms with Gasteiger partial charge in [0.05, 0.1) is 0 Å². The van der Waals surface area contributed by atoms with Crippen molar-refractivity contribution in [3.63, 3.8) is 0 Å². The number of aryl methyl sites for hydroxylation is 1. The molecule has 2 fully saturated rings. The van der Waals surface area contributed by atoms with Crippen LogP contribution < -0.4 is 10.5 Å². The largest absolute Gasteiger partial charge is 0.356 e. The first-order valence-electron chi connectivity index (χ1n) is 6.53. The van der Waals surface area contributed by atoms with Gasteiger partial charge in [0.1, 0.15) is 11.6 Å². The third-order valence-electron chi connectivity index (χ3n) is 3.52. The van der Waals surface area contributed by atoms with Crippen LogP contribution in [0.1, 0.15) is 31.5 Å². The number of H-pyrrole nitrogens is 1. The van der Waals surface area contributed by atoms with Crippen LogP contribution in [-0.4, -0.2) is 23.1 Å². The molecule has 0 bridgehead atoms. The number of aromatic nitrogens is 2. The van der Waals surface area contributed by atoms with Gasteiger partial charge in [-0.1, -0.05) is 0 Å². The summed E-state index contributed by atoms with van der Waals surface area (Å²) >= 11 is 0. The molecule has 0 atom stereocenters. The Bertz CT molecular complexity index is 446. The third-order valence-corrected chi connectivity index (χ3v) is 3.52. The van der Waals surface area contributed by atoms with E-state index in [1.54, 1.807) is 6.07 Å². The zero-order valence-electron chi connectivity index (χ0n) is 10.3. The van der Waals surface area contributed by atoms with Crippen LogP contribution in [0.3, 0.4) is 0 Å². The molecule has 0 aliphatic heterocycles. The Labute approximate surface area is 101 Å². The van der Waals surface area contributed by atoms with Crippen molar-refractivity contribution < 1.29 is 0 Å². The van der Waals surface area contributed by atoms with Crippen molar-refractivity contribution in [1.82, 2.24) is 9.97 Å². The van der Waals surface area contributed by atoms with Gasteiger partial charge < -0.3 is 9.88 Å². The maximum atomic E-state index is 11.5. The lowest BCUT2D eigenvalue weighted by atomic mass is 10.3. The van der Waals surface area contributed by atoms with E-state index in [4.69, 9.17) is 0 Å². The molecule has 0 radical (unpaired) electrons. The second-order valence-corrected chi connectivity index (χ2v) is 5.48. The van der Waals surface area contributed by atoms with E-state index in [1.807, 2.05) is 6.92 Å². The number of nitrogens with zero attached hydrogens (tertiary/aromatic N) is 2. The molecular formula is C13H19N3O. The van der Waals surface area contributed by atoms with Gasteiger partial charge in [-0.3, -0.25) is 4.79 Å². The van der Waals surface area contributed by atoms with Crippen LogP contribution in [0, 0.1) is 18.8 Å². The molecule has 3 rings (SSSR count). The topological polar surface area (TPSA) is 49.0 Å². The quantitative estimate of drug-likeness (QED) is 0.842. The second-order valence-electron chi connectivity index (χ2n) is 5.48. The van der Waals surface area contributed by atoms with Gasteiger partial charge in [-0.25, -0.2) is 4.98 Å². The summed E-state index contributed by atoms with van der Waals surface area (Å²) in [6.07, 6.45) is 5.35. The van der Waals surface area contributed by atoms with Gasteiger partial charge in [0, 0.05) is 19.2 Å². The first kappa shape index (κ1) is 10.8. The molecule has 0 spiro atoms. The number of nitrogens with one attached hydrogen (secondary N) is 1. The fraction of sp³-hybridized carbons (Fsp3) is 0.692. The summed E-state index contributed by atoms with van der Waals surface area (Å²) in [5.41, 5.74) is -0.0379. The Morgan fingerprint density at radius 2 is 1.88 bits per heavy atom. The summed E-state index contributed by atoms with van der Waals surface area (Å²) in [4.78, 5) is 21.0. The highest BCUT2D eigenvalue weighted by molar-refractivity contribution is 5.38. The molecule has 1 aromatic heterocycles. The van der Waals surface area contributed by atoms with Gasteiger partial charge in [0.15, 0.2) is 0 Å². The van der Waals surface area contributed by atoms with Crippen molar-refractivity contribution in [2.75, 3.05) is 18.0 Å². The number of hydrogen-bond acceptors (Lipinski definition) is 3. The first-order valence-corrected chi connectivity index (χ1v) is 6.53. The molecule has 2 aliphatic carbocycles. The standard InChI is InChI=1S/C13H19N3O/c1-9-14-12(6-13(17)15-9)16(7-10-2-3-10)8-11-4-5-11/h6,10-11H,2-5,7-8H2,1H3,(H,14,15,17). The van der Waals surface area contributed by atoms with Crippen LogP contribution in [0.2, 0.25) is 0 Å². The average molecular weight is 233 g/mol. The van der Waals surface area contributed by atoms with E-state index in [2.05, 4.69) is 14.9 Å². The van der Waals surface area contributed by atoms with Gasteiger partial charge in [-0.05, 0) is 44.4 Å². The minimum Gasteiger partial charge on any atom is -0.356 e. The summed E-state index contributed by atoms with van der Waals surface area (Å²) in [5, 5.41) is 0. The monoisotopic (exact) mass is 233 g/mol. The van der Waals surface area contributed by atoms with E-state index < -0.39 is 0 Å². The minimum atomic E-state index is -0.0379. The molecule has 92 valence electrons. The van der Waals surface area contributed by atoms with Crippen molar-refractivity contribution in [3.8, 4) is 0 Å². The molecule has 0 saturated heterocycles. The Balaban J connectivity index is 1.80. The van der Waals surface area contributed by atoms with Crippen molar-refractivity contribution >= 4 is 5.82 Å². The SMILES string of the molecule is Cc1nc(N(CC2CC2)CC2CC2)cc(=O)[nH]1. The predicted molar refractivity (Wildman–Crippen MR) is 67.3 cm³/mol. The van der Waals surface area contributed by atoms with Crippen LogP contribution in [0.4, 0.5) is 5.82 Å². The molecule has 0 aromatic carbocycles. The van der Waals surface area contributed by atoms with E-state index in [1.165, 1.54) is 25.7 Å². The number of hydrogen-bond donors (Lipinski definition) is 1. The summed E-state index contributed by atoms with van der Waals surface area (Å²) < 4.78 is 0. The Hall–Kier alpha value is -1.32. The summed E-state index contributed by atoms with van der Waals surface area (Å²) in [5.74, 6) is 3.24. The molecule has 1 N–H and O–H groups in total. The van der Waals surface area contributed by atoms with Gasteiger partial charge in [-0.2, -0.15) is 0 Å². The van der Waals surface area contributed by atoms with Gasteiger partial charge >= 0.3 is 0 Å². The number of aromatic amines is 1. The van der Waals surface area contributed by atoms with Gasteiger partial charge in [0.25, 0.3) is 5.56 Å². The van der Waals surface area contributed by atoms with Crippen LogP contribution in [0.5, 0.6) is 0 Å². The molecule has 4 heteroatoms. The van der Waals surface area contributed by atoms with Crippen LogP contribution >= 0.6 is 0 Å². The Kier molecular flexibility index (Phi) is 2.65. The van der Waals surface area contributed by atoms with E-state index >= 15 is 0 Å². The molecule has 2 saturated carbocycles. The highest BCUT2D eigenvalue weighted by Crippen LogP contribution is 2.34. The molecule has 17 heavy (non-hydrogen) atoms. The zero-order valence-corrected chi connectivity index (χ0v) is 10.3. The first-order chi connectivity index (χ1) is 8.20. The molecule has 0 amide bonds. The average Bonchev–Trinajstić information content (AvgIpc) is 3.09. The summed E-state index contributed by atoms with van der Waals surface area (Å²) in [6, 6.07) is 1.64. The highest BCUT2D eigenvalue weighted by atomic mass is 16.1. The summed E-state index contributed by atoms with van der Waals surface area (Å²) in [7, 11) is 0. The van der Waals surface area contributed by atoms with Crippen molar-refractivity contribution in [3.05, 3.63) is 22.2 Å². The molecular weight excluding hydrogens is 214 g/mol. The van der Waals surface area contributed by atoms with E-state index in [0.717, 1.165) is 30.7 Å². The normalized spacial score (nSPS) is 19.4. The molecule has 4 nitrogen and oxygen atoms in total. The van der Waals surface area contributed by atoms with E-state index in [-0.39, 0.29) is 5.56 Å². The molecule has 1 heterocycles. The van der Waals surface area contributed by atoms with E-state index in [9.17, 15) is 4.79 Å². The molecule has 2 aliphatic rings. The van der Waals surface area contributed by atoms with Crippen molar-refractivity contribution in [2.24, 2.45) is 11.8 Å². The zero-order chi connectivity index (χ0) is 11.8. The van der Waals surface area contributed by atoms with Crippen LogP contribution in [-0.2, 0) is 0 Å². The summed E-state index contributed by atoms with van der Waals surface area (Å²) in [6.45, 7) is 4.00. The maximum Gasteiger partial charge on any atom is 0.252 e. The lowest BCUT2D eigenvalue weighted by Crippen LogP contribution is -2.30. The lowest BCUT2D eigenvalue weighted by Gasteiger charge is -2.23. The fourth-order valence-electron chi connectivity index (χ4n) is 2.21. The predicted octanol–water partition coefficient (Wildman–Crippen LogP) is 1.70. The van der Waals surface area contributed by atoms with Gasteiger partial charge in [0.2, 0.25) is 0 Å². The number of rotatable bonds is 5. The molecule has 0 unspecified atom stereocenters. The van der Waals surface area contributed by atoms with E-state index in [0.29, 0.717) is 5.82 Å². The van der Waals surface area contributed by atoms with Crippen LogP contribution in [0.15, 0.2) is 10.9 Å². The van der Waals surface area contributed by atoms with Crippen molar-refractivity contribution in [1.29, 1.82) is 0 Å². The highest BCUT2D eigenvalue weighted by Gasteiger charge is 2.29. The van der Waals surface area contributed by atoms with Gasteiger partial charge in [-0.15, -0.1) is 0 Å². The lowest BCUT2D eigenvalue weighted by molar-refractivity contribution is 0.668. The Morgan fingerprint density at radius 1 is 1.29 bits per heavy atom. The maximum absolute atomic E-state index is 11.5. The second kappa shape index (κ2) is 4.17. The van der Waals surface area contributed by atoms with Crippen molar-refractivity contribution in [2.45, 2.75) is 32.6 Å². The number of anilines is 1. The Morgan fingerprint density at radius 3 is 2.35 bits per heavy atom. The fourth-order valence-corrected chi connectivity index (χ4v) is 2.21. The smallest absolute Gasteiger partial charge is 0.252 e. The molecule has 1 aromatic rings. The van der Waals surface area contributed by atoms with Crippen LogP contribution in [0.25, 0.3) is 0 Å². The minimum absolute atomic E-state index is 0.0379. The third kappa shape index (κ3) is 2.87.